The van der Waals surface area contributed by atoms with Gasteiger partial charge in [0.25, 0.3) is 12.1 Å². The molecule has 2 unspecified atom stereocenters. The number of hydrogen-bond donors (Lipinski definition) is 0. The van der Waals surface area contributed by atoms with E-state index in [0.717, 1.165) is 0 Å². The summed E-state index contributed by atoms with van der Waals surface area (Å²) < 4.78 is 114. The Kier molecular flexibility index (Phi) is 3.55. The number of nitrogens with zero attached hydrogens (tertiary/aromatic N) is 1. The molecule has 1 aliphatic rings. The number of hydrogen-bond acceptors (Lipinski definition) is 3. The first-order chi connectivity index (χ1) is 8.22. The molecule has 19 heavy (non-hydrogen) atoms. The first-order valence-corrected chi connectivity index (χ1v) is 4.39. The van der Waals surface area contributed by atoms with Gasteiger partial charge < -0.3 is 9.57 Å². The van der Waals surface area contributed by atoms with Crippen molar-refractivity contribution in [2.75, 3.05) is 0 Å². The van der Waals surface area contributed by atoms with Crippen LogP contribution in [0.2, 0.25) is 0 Å². The highest BCUT2D eigenvalue weighted by Gasteiger charge is 2.79. The molecule has 0 amide bonds. The fourth-order valence-electron chi connectivity index (χ4n) is 0.912. The highest BCUT2D eigenvalue weighted by molar-refractivity contribution is 6.22. The molecular weight excluding hydrogens is 325 g/mol. The molecule has 0 saturated carbocycles. The maximum Gasteiger partial charge on any atom is 0.478 e. The summed E-state index contributed by atoms with van der Waals surface area (Å²) in [5, 5.41) is -3.44. The summed E-state index contributed by atoms with van der Waals surface area (Å²) in [5.74, 6) is -7.38. The average molecular weight is 326 g/mol. The van der Waals surface area contributed by atoms with Crippen molar-refractivity contribution in [2.45, 2.75) is 29.7 Å². The van der Waals surface area contributed by atoms with Gasteiger partial charge in [0.2, 0.25) is 0 Å². The Hall–Kier alpha value is -1.07. The molecule has 13 heteroatoms. The minimum atomic E-state index is -6.07. The van der Waals surface area contributed by atoms with E-state index in [1.165, 1.54) is 0 Å². The van der Waals surface area contributed by atoms with Gasteiger partial charge in [-0.2, -0.15) is 35.1 Å². The van der Waals surface area contributed by atoms with E-state index in [9.17, 15) is 39.5 Å². The molecule has 0 aromatic heterocycles. The lowest BCUT2D eigenvalue weighted by molar-refractivity contribution is -0.391. The van der Waals surface area contributed by atoms with E-state index in [-0.39, 0.29) is 0 Å². The molecule has 0 N–H and O–H groups in total. The minimum absolute atomic E-state index is 1.90. The lowest BCUT2D eigenvalue weighted by Crippen LogP contribution is -2.58. The molecule has 0 spiro atoms. The fourth-order valence-corrected chi connectivity index (χ4v) is 1.09. The highest BCUT2D eigenvalue weighted by Crippen LogP contribution is 2.51. The third kappa shape index (κ3) is 2.62. The van der Waals surface area contributed by atoms with Gasteiger partial charge in [-0.25, -0.2) is 4.39 Å². The van der Waals surface area contributed by atoms with Gasteiger partial charge in [-0.05, 0) is 16.8 Å². The van der Waals surface area contributed by atoms with Crippen molar-refractivity contribution in [3.8, 4) is 0 Å². The van der Waals surface area contributed by atoms with E-state index in [0.29, 0.717) is 0 Å². The van der Waals surface area contributed by atoms with E-state index in [1.807, 2.05) is 5.16 Å². The van der Waals surface area contributed by atoms with Crippen molar-refractivity contribution in [1.82, 2.24) is 0 Å². The third-order valence-electron chi connectivity index (χ3n) is 1.76. The Labute approximate surface area is 102 Å². The van der Waals surface area contributed by atoms with Gasteiger partial charge in [0, 0.05) is 0 Å². The lowest BCUT2D eigenvalue weighted by Gasteiger charge is -2.30. The molecule has 0 saturated heterocycles. The second-order valence-corrected chi connectivity index (χ2v) is 3.61. The zero-order valence-electron chi connectivity index (χ0n) is 8.12. The molecule has 2 atom stereocenters. The van der Waals surface area contributed by atoms with Gasteiger partial charge in [-0.3, -0.25) is 0 Å². The quantitative estimate of drug-likeness (QED) is 0.576. The van der Waals surface area contributed by atoms with Crippen molar-refractivity contribution >= 4 is 17.5 Å². The van der Waals surface area contributed by atoms with E-state index >= 15 is 0 Å². The molecule has 0 aliphatic carbocycles. The van der Waals surface area contributed by atoms with Crippen molar-refractivity contribution in [1.29, 1.82) is 0 Å². The summed E-state index contributed by atoms with van der Waals surface area (Å²) in [5.41, 5.74) is 0. The molecule has 3 nitrogen and oxygen atoms in total. The maximum atomic E-state index is 12.6. The third-order valence-corrected chi connectivity index (χ3v) is 2.01. The van der Waals surface area contributed by atoms with Crippen molar-refractivity contribution in [3.05, 3.63) is 0 Å². The van der Waals surface area contributed by atoms with E-state index in [4.69, 9.17) is 0 Å². The lowest BCUT2D eigenvalue weighted by atomic mass is 10.2. The average Bonchev–Trinajstić information content (AvgIpc) is 2.58. The minimum Gasteiger partial charge on any atom is -0.418 e. The Bertz CT molecular complexity index is 370. The number of oxime groups is 1. The summed E-state index contributed by atoms with van der Waals surface area (Å²) in [7, 11) is 0. The molecule has 0 aromatic rings. The SMILES string of the molecule is FC(C1=NOC(C(F)(F)F)(C(F)(F)Cl)O1)C(F)(F)F. The van der Waals surface area contributed by atoms with Crippen LogP contribution in [0.4, 0.5) is 39.5 Å². The molecule has 1 heterocycles. The smallest absolute Gasteiger partial charge is 0.418 e. The summed E-state index contributed by atoms with van der Waals surface area (Å²) in [6.45, 7) is 0. The van der Waals surface area contributed by atoms with E-state index in [1.54, 1.807) is 0 Å². The molecule has 0 aromatic carbocycles. The van der Waals surface area contributed by atoms with Crippen LogP contribution in [0, 0.1) is 0 Å². The maximum absolute atomic E-state index is 12.6. The van der Waals surface area contributed by atoms with Crippen molar-refractivity contribution in [3.63, 3.8) is 0 Å². The number of halogens is 10. The van der Waals surface area contributed by atoms with Crippen molar-refractivity contribution in [2.24, 2.45) is 5.16 Å². The van der Waals surface area contributed by atoms with Crippen LogP contribution >= 0.6 is 11.6 Å². The Balaban J connectivity index is 3.08. The molecule has 112 valence electrons. The number of rotatable bonds is 2. The molecular formula is C6HClF9NO2. The van der Waals surface area contributed by atoms with Crippen LogP contribution < -0.4 is 0 Å². The van der Waals surface area contributed by atoms with Crippen LogP contribution in [0.3, 0.4) is 0 Å². The first-order valence-electron chi connectivity index (χ1n) is 4.01. The predicted octanol–water partition coefficient (Wildman–Crippen LogP) is 3.34. The topological polar surface area (TPSA) is 30.8 Å². The Morgan fingerprint density at radius 1 is 1.05 bits per heavy atom. The Morgan fingerprint density at radius 3 is 1.79 bits per heavy atom. The fraction of sp³-hybridized carbons (Fsp3) is 0.833. The molecule has 0 bridgehead atoms. The Morgan fingerprint density at radius 2 is 1.53 bits per heavy atom. The van der Waals surface area contributed by atoms with E-state index in [2.05, 4.69) is 21.2 Å². The van der Waals surface area contributed by atoms with Gasteiger partial charge in [0.05, 0.1) is 0 Å². The monoisotopic (exact) mass is 325 g/mol. The second kappa shape index (κ2) is 4.21. The van der Waals surface area contributed by atoms with Crippen LogP contribution in [0.25, 0.3) is 0 Å². The van der Waals surface area contributed by atoms with Gasteiger partial charge in [-0.1, -0.05) is 0 Å². The number of alkyl halides is 10. The van der Waals surface area contributed by atoms with Crippen LogP contribution in [-0.4, -0.2) is 35.6 Å². The van der Waals surface area contributed by atoms with Gasteiger partial charge in [0.1, 0.15) is 0 Å². The zero-order valence-corrected chi connectivity index (χ0v) is 8.88. The summed E-state index contributed by atoms with van der Waals surface area (Å²) in [4.78, 5) is 3.12. The van der Waals surface area contributed by atoms with Gasteiger partial charge >= 0.3 is 23.5 Å². The largest absolute Gasteiger partial charge is 0.478 e. The summed E-state index contributed by atoms with van der Waals surface area (Å²) in [6, 6.07) is 0. The highest BCUT2D eigenvalue weighted by atomic mass is 35.5. The van der Waals surface area contributed by atoms with Crippen LogP contribution in [0.1, 0.15) is 0 Å². The first kappa shape index (κ1) is 16.0. The second-order valence-electron chi connectivity index (χ2n) is 3.14. The molecule has 1 rings (SSSR count). The summed E-state index contributed by atoms with van der Waals surface area (Å²) >= 11 is 4.08. The van der Waals surface area contributed by atoms with E-state index < -0.39 is 35.6 Å². The van der Waals surface area contributed by atoms with Crippen LogP contribution in [0.15, 0.2) is 5.16 Å². The molecule has 1 aliphatic heterocycles. The van der Waals surface area contributed by atoms with Crippen molar-refractivity contribution < 1.29 is 49.1 Å². The predicted molar refractivity (Wildman–Crippen MR) is 40.1 cm³/mol. The van der Waals surface area contributed by atoms with Gasteiger partial charge in [0.15, 0.2) is 0 Å². The molecule has 0 radical (unpaired) electrons. The van der Waals surface area contributed by atoms with Gasteiger partial charge in [-0.15, -0.1) is 0 Å². The normalized spacial score (nSPS) is 26.5. The number of ether oxygens (including phenoxy) is 1. The van der Waals surface area contributed by atoms with Crippen LogP contribution in [0.5, 0.6) is 0 Å². The summed E-state index contributed by atoms with van der Waals surface area (Å²) in [6.07, 6.45) is -16.0. The molecule has 0 fully saturated rings. The standard InChI is InChI=1S/C6HClF9NO2/c7-5(12,13)4(6(14,15)16)18-2(17-19-4)1(8)3(9,10)11/h1H. The zero-order chi connectivity index (χ0) is 15.3. The van der Waals surface area contributed by atoms with Crippen LogP contribution in [-0.2, 0) is 9.57 Å².